The van der Waals surface area contributed by atoms with Crippen LogP contribution in [-0.4, -0.2) is 9.97 Å². The molecule has 2 rings (SSSR count). The second kappa shape index (κ2) is 3.15. The van der Waals surface area contributed by atoms with Gasteiger partial charge in [-0.3, -0.25) is 4.79 Å². The molecule has 1 unspecified atom stereocenters. The van der Waals surface area contributed by atoms with E-state index in [4.69, 9.17) is 4.52 Å². The van der Waals surface area contributed by atoms with E-state index in [0.717, 1.165) is 0 Å². The Balaban J connectivity index is 2.82. The van der Waals surface area contributed by atoms with Crippen LogP contribution in [0.4, 0.5) is 0 Å². The van der Waals surface area contributed by atoms with Gasteiger partial charge in [0, 0.05) is 0 Å². The van der Waals surface area contributed by atoms with E-state index < -0.39 is 0 Å². The van der Waals surface area contributed by atoms with Crippen LogP contribution in [0.3, 0.4) is 0 Å². The van der Waals surface area contributed by atoms with Crippen LogP contribution in [0.5, 0.6) is 5.75 Å². The van der Waals surface area contributed by atoms with Crippen molar-refractivity contribution in [3.8, 4) is 5.75 Å². The average Bonchev–Trinajstić information content (AvgIpc) is 2.18. The summed E-state index contributed by atoms with van der Waals surface area (Å²) in [4.78, 5) is 17.8. The maximum absolute atomic E-state index is 11.3. The van der Waals surface area contributed by atoms with Crippen molar-refractivity contribution in [3.63, 3.8) is 0 Å². The molecule has 0 aliphatic heterocycles. The molecule has 66 valence electrons. The Morgan fingerprint density at radius 1 is 1.46 bits per heavy atom. The maximum Gasteiger partial charge on any atom is 0.258 e. The number of benzene rings is 1. The number of fused-ring (bicyclic) bond motifs is 1. The van der Waals surface area contributed by atoms with E-state index in [1.807, 2.05) is 0 Å². The number of nitrogens with zero attached hydrogens (tertiary/aromatic N) is 1. The molecule has 0 bridgehead atoms. The van der Waals surface area contributed by atoms with E-state index in [2.05, 4.69) is 19.4 Å². The zero-order chi connectivity index (χ0) is 9.26. The summed E-state index contributed by atoms with van der Waals surface area (Å²) in [6.45, 7) is 0. The lowest BCUT2D eigenvalue weighted by Gasteiger charge is -1.99. The molecule has 0 fully saturated rings. The molecule has 1 atom stereocenters. The van der Waals surface area contributed by atoms with Gasteiger partial charge in [0.05, 0.1) is 26.7 Å². The van der Waals surface area contributed by atoms with Crippen molar-refractivity contribution >= 4 is 20.4 Å². The number of H-pyrrole nitrogens is 1. The largest absolute Gasteiger partial charge is 0.480 e. The molecule has 0 amide bonds. The Kier molecular flexibility index (Phi) is 1.99. The Bertz CT molecular complexity index is 495. The minimum atomic E-state index is -0.158. The second-order valence-electron chi connectivity index (χ2n) is 2.53. The van der Waals surface area contributed by atoms with Crippen LogP contribution in [0, 0.1) is 0 Å². The maximum atomic E-state index is 11.3. The number of hydrogen-bond acceptors (Lipinski definition) is 3. The lowest BCUT2D eigenvalue weighted by molar-refractivity contribution is 0.647. The van der Waals surface area contributed by atoms with Crippen molar-refractivity contribution in [2.45, 2.75) is 0 Å². The molecule has 4 nitrogen and oxygen atoms in total. The highest BCUT2D eigenvalue weighted by molar-refractivity contribution is 7.10. The zero-order valence-corrected chi connectivity index (χ0v) is 7.81. The molecule has 0 aliphatic carbocycles. The summed E-state index contributed by atoms with van der Waals surface area (Å²) in [5.41, 5.74) is 0.503. The van der Waals surface area contributed by atoms with E-state index in [0.29, 0.717) is 16.7 Å². The van der Waals surface area contributed by atoms with E-state index in [1.165, 1.54) is 6.33 Å². The van der Waals surface area contributed by atoms with Gasteiger partial charge < -0.3 is 9.51 Å². The van der Waals surface area contributed by atoms with Gasteiger partial charge in [-0.25, -0.2) is 4.98 Å². The van der Waals surface area contributed by atoms with Gasteiger partial charge in [-0.05, 0) is 18.2 Å². The van der Waals surface area contributed by atoms with Crippen molar-refractivity contribution in [2.75, 3.05) is 0 Å². The van der Waals surface area contributed by atoms with Crippen molar-refractivity contribution < 1.29 is 4.52 Å². The summed E-state index contributed by atoms with van der Waals surface area (Å²) in [6, 6.07) is 5.14. The second-order valence-corrected chi connectivity index (χ2v) is 2.76. The standard InChI is InChI=1S/C8H7N2O2P/c11-8-6-3-5(12-13)1-2-7(6)9-4-10-8/h1-4H,13H2,(H,9,10,11). The van der Waals surface area contributed by atoms with Gasteiger partial charge in [0.2, 0.25) is 0 Å². The zero-order valence-electron chi connectivity index (χ0n) is 6.65. The predicted octanol–water partition coefficient (Wildman–Crippen LogP) is 1.09. The third kappa shape index (κ3) is 1.40. The van der Waals surface area contributed by atoms with Crippen LogP contribution in [-0.2, 0) is 0 Å². The summed E-state index contributed by atoms with van der Waals surface area (Å²) >= 11 is 0. The smallest absolute Gasteiger partial charge is 0.258 e. The topological polar surface area (TPSA) is 55.0 Å². The van der Waals surface area contributed by atoms with Gasteiger partial charge in [-0.15, -0.1) is 0 Å². The Labute approximate surface area is 76.2 Å². The monoisotopic (exact) mass is 194 g/mol. The summed E-state index contributed by atoms with van der Waals surface area (Å²) in [5.74, 6) is 0.621. The fraction of sp³-hybridized carbons (Fsp3) is 0. The quantitative estimate of drug-likeness (QED) is 0.691. The number of aromatic amines is 1. The molecule has 0 radical (unpaired) electrons. The highest BCUT2D eigenvalue weighted by Gasteiger charge is 1.99. The van der Waals surface area contributed by atoms with Crippen LogP contribution in [0.2, 0.25) is 0 Å². The highest BCUT2D eigenvalue weighted by Crippen LogP contribution is 2.17. The SMILES string of the molecule is O=c1[nH]cnc2ccc(OP)cc12. The van der Waals surface area contributed by atoms with Gasteiger partial charge in [0.25, 0.3) is 5.56 Å². The highest BCUT2D eigenvalue weighted by atomic mass is 31.0. The molecule has 1 aromatic carbocycles. The third-order valence-electron chi connectivity index (χ3n) is 1.75. The molecular formula is C8H7N2O2P. The molecule has 0 saturated carbocycles. The number of nitrogens with one attached hydrogen (secondary N) is 1. The first-order chi connectivity index (χ1) is 6.31. The van der Waals surface area contributed by atoms with E-state index in [9.17, 15) is 4.79 Å². The van der Waals surface area contributed by atoms with Crippen molar-refractivity contribution in [3.05, 3.63) is 34.9 Å². The number of hydrogen-bond donors (Lipinski definition) is 1. The van der Waals surface area contributed by atoms with Gasteiger partial charge in [-0.1, -0.05) is 0 Å². The van der Waals surface area contributed by atoms with Crippen LogP contribution >= 0.6 is 9.47 Å². The molecule has 5 heteroatoms. The number of aromatic nitrogens is 2. The molecule has 1 heterocycles. The van der Waals surface area contributed by atoms with Gasteiger partial charge in [0.15, 0.2) is 0 Å². The minimum absolute atomic E-state index is 0.158. The van der Waals surface area contributed by atoms with E-state index in [1.54, 1.807) is 18.2 Å². The molecular weight excluding hydrogens is 187 g/mol. The molecule has 13 heavy (non-hydrogen) atoms. The van der Waals surface area contributed by atoms with Crippen LogP contribution in [0.1, 0.15) is 0 Å². The van der Waals surface area contributed by atoms with Crippen LogP contribution in [0.25, 0.3) is 10.9 Å². The molecule has 1 aromatic heterocycles. The normalized spacial score (nSPS) is 10.2. The van der Waals surface area contributed by atoms with Crippen LogP contribution < -0.4 is 10.1 Å². The molecule has 0 saturated heterocycles. The fourth-order valence-corrected chi connectivity index (χ4v) is 1.27. The predicted molar refractivity (Wildman–Crippen MR) is 52.7 cm³/mol. The first kappa shape index (κ1) is 8.20. The van der Waals surface area contributed by atoms with Crippen molar-refractivity contribution in [1.29, 1.82) is 0 Å². The summed E-state index contributed by atoms with van der Waals surface area (Å²) in [6.07, 6.45) is 1.38. The fourth-order valence-electron chi connectivity index (χ4n) is 1.12. The molecule has 0 aliphatic rings. The summed E-state index contributed by atoms with van der Waals surface area (Å²) < 4.78 is 4.91. The van der Waals surface area contributed by atoms with E-state index in [-0.39, 0.29) is 5.56 Å². The Hall–Kier alpha value is -1.41. The Morgan fingerprint density at radius 2 is 2.31 bits per heavy atom. The summed E-state index contributed by atoms with van der Waals surface area (Å²) in [5, 5.41) is 0.530. The first-order valence-corrected chi connectivity index (χ1v) is 4.12. The van der Waals surface area contributed by atoms with Gasteiger partial charge in [0.1, 0.15) is 5.75 Å². The van der Waals surface area contributed by atoms with Crippen molar-refractivity contribution in [1.82, 2.24) is 9.97 Å². The average molecular weight is 194 g/mol. The summed E-state index contributed by atoms with van der Waals surface area (Å²) in [7, 11) is 2.13. The van der Waals surface area contributed by atoms with Crippen molar-refractivity contribution in [2.24, 2.45) is 0 Å². The van der Waals surface area contributed by atoms with Crippen LogP contribution in [0.15, 0.2) is 29.3 Å². The Morgan fingerprint density at radius 3 is 3.08 bits per heavy atom. The lowest BCUT2D eigenvalue weighted by atomic mass is 10.2. The molecule has 2 aromatic rings. The first-order valence-electron chi connectivity index (χ1n) is 3.65. The third-order valence-corrected chi connectivity index (χ3v) is 2.02. The lowest BCUT2D eigenvalue weighted by Crippen LogP contribution is -2.05. The van der Waals surface area contributed by atoms with Gasteiger partial charge >= 0.3 is 0 Å². The van der Waals surface area contributed by atoms with Gasteiger partial charge in [-0.2, -0.15) is 0 Å². The van der Waals surface area contributed by atoms with E-state index >= 15 is 0 Å². The molecule has 0 spiro atoms. The number of rotatable bonds is 1. The minimum Gasteiger partial charge on any atom is -0.480 e. The molecule has 1 N–H and O–H groups in total.